The van der Waals surface area contributed by atoms with E-state index in [1.54, 1.807) is 11.8 Å². The molecule has 0 saturated carbocycles. The first-order valence-corrected chi connectivity index (χ1v) is 2.91. The first-order chi connectivity index (χ1) is 3.50. The summed E-state index contributed by atoms with van der Waals surface area (Å²) in [6, 6.07) is 0. The lowest BCUT2D eigenvalue weighted by atomic mass is 10.6. The average Bonchev–Trinajstić information content (AvgIpc) is 1.90. The van der Waals surface area contributed by atoms with Gasteiger partial charge < -0.3 is 0 Å². The minimum absolute atomic E-state index is 1.61. The van der Waals surface area contributed by atoms with Crippen LogP contribution in [-0.4, -0.2) is 0 Å². The van der Waals surface area contributed by atoms with Gasteiger partial charge in [0, 0.05) is 5.41 Å². The Bertz CT molecular complexity index is 165. The van der Waals surface area contributed by atoms with E-state index in [2.05, 4.69) is 11.5 Å². The van der Waals surface area contributed by atoms with Gasteiger partial charge in [-0.15, -0.1) is 0 Å². The summed E-state index contributed by atoms with van der Waals surface area (Å²) >= 11 is 1.61. The van der Waals surface area contributed by atoms with Gasteiger partial charge in [-0.1, -0.05) is 23.2 Å². The third-order valence-electron chi connectivity index (χ3n) is 0.547. The van der Waals surface area contributed by atoms with E-state index < -0.39 is 0 Å². The maximum atomic E-state index is 2.82. The van der Waals surface area contributed by atoms with Crippen LogP contribution in [0.3, 0.4) is 0 Å². The van der Waals surface area contributed by atoms with Crippen LogP contribution in [-0.2, 0) is 0 Å². The lowest BCUT2D eigenvalue weighted by molar-refractivity contribution is 2.07. The summed E-state index contributed by atoms with van der Waals surface area (Å²) < 4.78 is 0. The van der Waals surface area contributed by atoms with Gasteiger partial charge in [0.25, 0.3) is 0 Å². The zero-order valence-corrected chi connectivity index (χ0v) is 4.53. The fourth-order valence-corrected chi connectivity index (χ4v) is 0.672. The number of hydrogen-bond acceptors (Lipinski definition) is 1. The van der Waals surface area contributed by atoms with Crippen LogP contribution >= 0.6 is 11.8 Å². The van der Waals surface area contributed by atoms with Crippen molar-refractivity contribution in [3.63, 3.8) is 0 Å². The molecule has 0 amide bonds. The predicted octanol–water partition coefficient (Wildman–Crippen LogP) is 2.07. The Kier molecular flexibility index (Phi) is 1.65. The molecule has 0 fully saturated rings. The number of thioether (sulfide) groups is 1. The molecular weight excluding hydrogens is 104 g/mol. The van der Waals surface area contributed by atoms with Gasteiger partial charge in [-0.2, -0.15) is 0 Å². The summed E-state index contributed by atoms with van der Waals surface area (Å²) in [5, 5.41) is 3.84. The van der Waals surface area contributed by atoms with Gasteiger partial charge in [-0.25, -0.2) is 0 Å². The second-order valence-corrected chi connectivity index (χ2v) is 1.82. The van der Waals surface area contributed by atoms with E-state index in [1.165, 1.54) is 0 Å². The molecule has 1 heteroatoms. The van der Waals surface area contributed by atoms with Crippen molar-refractivity contribution in [3.8, 4) is 0 Å². The highest BCUT2D eigenvalue weighted by Gasteiger charge is 1.67. The molecule has 1 aliphatic heterocycles. The summed E-state index contributed by atoms with van der Waals surface area (Å²) in [6.45, 7) is 0. The molecule has 0 nitrogen and oxygen atoms in total. The minimum Gasteiger partial charge on any atom is -0.0969 e. The second-order valence-electron chi connectivity index (χ2n) is 1.04. The highest BCUT2D eigenvalue weighted by Crippen LogP contribution is 2.03. The molecule has 0 aromatic heterocycles. The molecule has 1 aliphatic rings. The summed E-state index contributed by atoms with van der Waals surface area (Å²) in [5.74, 6) is 0. The molecule has 0 saturated heterocycles. The van der Waals surface area contributed by atoms with Crippen molar-refractivity contribution in [1.82, 2.24) is 0 Å². The van der Waals surface area contributed by atoms with E-state index in [9.17, 15) is 0 Å². The van der Waals surface area contributed by atoms with E-state index in [4.69, 9.17) is 0 Å². The Balaban J connectivity index is 2.88. The van der Waals surface area contributed by atoms with E-state index in [0.717, 1.165) is 0 Å². The van der Waals surface area contributed by atoms with Gasteiger partial charge in [-0.05, 0) is 17.6 Å². The monoisotopic (exact) mass is 108 g/mol. The van der Waals surface area contributed by atoms with E-state index in [-0.39, 0.29) is 0 Å². The molecule has 0 spiro atoms. The predicted molar refractivity (Wildman–Crippen MR) is 32.9 cm³/mol. The second kappa shape index (κ2) is 2.54. The van der Waals surface area contributed by atoms with Crippen LogP contribution in [0.4, 0.5) is 0 Å². The van der Waals surface area contributed by atoms with E-state index in [0.29, 0.717) is 0 Å². The lowest BCUT2D eigenvalue weighted by Crippen LogP contribution is -1.35. The van der Waals surface area contributed by atoms with Crippen LogP contribution in [0.15, 0.2) is 34.4 Å². The van der Waals surface area contributed by atoms with Crippen molar-refractivity contribution in [3.05, 3.63) is 34.4 Å². The molecule has 0 aromatic rings. The maximum absolute atomic E-state index is 2.82. The zero-order chi connectivity index (χ0) is 4.95. The Morgan fingerprint density at radius 1 is 1.29 bits per heavy atom. The maximum Gasteiger partial charge on any atom is 0.0257 e. The fraction of sp³-hybridized carbons (Fsp3) is 0. The molecular formula is C6H4S. The Labute approximate surface area is 46.9 Å². The van der Waals surface area contributed by atoms with Crippen molar-refractivity contribution >= 4 is 11.8 Å². The SMILES string of the molecule is C1=C=CSC=CC=1. The fourth-order valence-electron chi connectivity index (χ4n) is 0.288. The summed E-state index contributed by atoms with van der Waals surface area (Å²) in [7, 11) is 0. The molecule has 0 radical (unpaired) electrons. The molecule has 0 aromatic carbocycles. The van der Waals surface area contributed by atoms with Crippen LogP contribution in [0, 0.1) is 0 Å². The van der Waals surface area contributed by atoms with E-state index in [1.807, 2.05) is 23.0 Å². The third kappa shape index (κ3) is 1.52. The molecule has 0 atom stereocenters. The van der Waals surface area contributed by atoms with Gasteiger partial charge >= 0.3 is 0 Å². The summed E-state index contributed by atoms with van der Waals surface area (Å²) in [6.07, 6.45) is 3.76. The van der Waals surface area contributed by atoms with Crippen LogP contribution < -0.4 is 0 Å². The van der Waals surface area contributed by atoms with Gasteiger partial charge in [0.1, 0.15) is 0 Å². The summed E-state index contributed by atoms with van der Waals surface area (Å²) in [4.78, 5) is 0. The molecule has 34 valence electrons. The quantitative estimate of drug-likeness (QED) is 0.428. The average molecular weight is 108 g/mol. The Morgan fingerprint density at radius 3 is 3.29 bits per heavy atom. The van der Waals surface area contributed by atoms with Crippen molar-refractivity contribution in [2.24, 2.45) is 0 Å². The van der Waals surface area contributed by atoms with Crippen LogP contribution in [0.1, 0.15) is 0 Å². The standard InChI is InChI=1S/C6H4S/c1-2-4-6-7-5-3-1/h1,3,5-6H. The first kappa shape index (κ1) is 4.55. The molecule has 7 heavy (non-hydrogen) atoms. The largest absolute Gasteiger partial charge is 0.0969 e. The van der Waals surface area contributed by atoms with Crippen LogP contribution in [0.5, 0.6) is 0 Å². The highest BCUT2D eigenvalue weighted by atomic mass is 32.2. The lowest BCUT2D eigenvalue weighted by Gasteiger charge is -1.67. The molecule has 0 aliphatic carbocycles. The number of hydrogen-bond donors (Lipinski definition) is 0. The molecule has 0 unspecified atom stereocenters. The summed E-state index contributed by atoms with van der Waals surface area (Å²) in [5.41, 5.74) is 5.63. The molecule has 0 bridgehead atoms. The van der Waals surface area contributed by atoms with Gasteiger partial charge in [0.15, 0.2) is 0 Å². The Morgan fingerprint density at radius 2 is 2.29 bits per heavy atom. The highest BCUT2D eigenvalue weighted by molar-refractivity contribution is 8.04. The van der Waals surface area contributed by atoms with Crippen molar-refractivity contribution in [1.29, 1.82) is 0 Å². The molecule has 1 heterocycles. The van der Waals surface area contributed by atoms with Crippen LogP contribution in [0.2, 0.25) is 0 Å². The van der Waals surface area contributed by atoms with E-state index >= 15 is 0 Å². The van der Waals surface area contributed by atoms with Gasteiger partial charge in [0.2, 0.25) is 0 Å². The topological polar surface area (TPSA) is 0 Å². The van der Waals surface area contributed by atoms with Gasteiger partial charge in [-0.3, -0.25) is 0 Å². The molecule has 1 rings (SSSR count). The minimum atomic E-state index is 1.61. The van der Waals surface area contributed by atoms with Crippen molar-refractivity contribution < 1.29 is 0 Å². The zero-order valence-electron chi connectivity index (χ0n) is 3.72. The number of allylic oxidation sites excluding steroid dienone is 2. The number of rotatable bonds is 0. The van der Waals surface area contributed by atoms with Gasteiger partial charge in [0.05, 0.1) is 0 Å². The normalized spacial score (nSPS) is 14.9. The molecule has 0 N–H and O–H groups in total. The Hall–Kier alpha value is -0.610. The smallest absolute Gasteiger partial charge is 0.0257 e. The first-order valence-electron chi connectivity index (χ1n) is 1.97. The van der Waals surface area contributed by atoms with Crippen molar-refractivity contribution in [2.45, 2.75) is 0 Å². The van der Waals surface area contributed by atoms with Crippen molar-refractivity contribution in [2.75, 3.05) is 0 Å². The van der Waals surface area contributed by atoms with Crippen LogP contribution in [0.25, 0.3) is 0 Å². The third-order valence-corrected chi connectivity index (χ3v) is 1.12.